The molecule has 0 unspecified atom stereocenters. The number of nitrogens with one attached hydrogen (secondary N) is 1. The maximum absolute atomic E-state index is 15.0. The summed E-state index contributed by atoms with van der Waals surface area (Å²) in [4.78, 5) is 31.4. The fourth-order valence-electron chi connectivity index (χ4n) is 4.33. The number of rotatable bonds is 8. The van der Waals surface area contributed by atoms with Gasteiger partial charge in [0.15, 0.2) is 10.8 Å². The summed E-state index contributed by atoms with van der Waals surface area (Å²) >= 11 is 5.50. The van der Waals surface area contributed by atoms with Gasteiger partial charge in [-0.05, 0) is 75.8 Å². The number of nitriles is 1. The van der Waals surface area contributed by atoms with Crippen LogP contribution in [-0.2, 0) is 4.79 Å². The lowest BCUT2D eigenvalue weighted by Crippen LogP contribution is -2.55. The average molecular weight is 536 g/mol. The molecule has 1 aromatic carbocycles. The Bertz CT molecular complexity index is 1240. The summed E-state index contributed by atoms with van der Waals surface area (Å²) in [7, 11) is 0. The van der Waals surface area contributed by atoms with Crippen LogP contribution in [0.1, 0.15) is 56.3 Å². The van der Waals surface area contributed by atoms with Gasteiger partial charge in [-0.2, -0.15) is 18.4 Å². The van der Waals surface area contributed by atoms with Gasteiger partial charge < -0.3 is 10.2 Å². The third-order valence-corrected chi connectivity index (χ3v) is 6.76. The largest absolute Gasteiger partial charge is 0.419 e. The molecule has 1 spiro atoms. The van der Waals surface area contributed by atoms with E-state index in [1.54, 1.807) is 0 Å². The zero-order valence-electron chi connectivity index (χ0n) is 20.3. The van der Waals surface area contributed by atoms with E-state index in [0.29, 0.717) is 31.9 Å². The molecule has 0 atom stereocenters. The third-order valence-electron chi connectivity index (χ3n) is 6.39. The number of nitrogens with zero attached hydrogens (tertiary/aromatic N) is 4. The second kappa shape index (κ2) is 10.8. The summed E-state index contributed by atoms with van der Waals surface area (Å²) in [5.41, 5.74) is -3.65. The summed E-state index contributed by atoms with van der Waals surface area (Å²) in [6.45, 7) is 6.62. The summed E-state index contributed by atoms with van der Waals surface area (Å²) < 4.78 is 55.9. The van der Waals surface area contributed by atoms with Crippen LogP contribution < -0.4 is 10.2 Å². The number of halogens is 4. The van der Waals surface area contributed by atoms with Gasteiger partial charge in [-0.25, -0.2) is 4.39 Å². The van der Waals surface area contributed by atoms with Crippen LogP contribution in [0, 0.1) is 17.1 Å². The van der Waals surface area contributed by atoms with Gasteiger partial charge in [0.05, 0.1) is 11.1 Å². The number of carbonyl (C=O) groups excluding carboxylic acids is 2. The van der Waals surface area contributed by atoms with Gasteiger partial charge in [0.25, 0.3) is 11.8 Å². The van der Waals surface area contributed by atoms with Crippen LogP contribution in [0.15, 0.2) is 46.2 Å². The van der Waals surface area contributed by atoms with Crippen molar-refractivity contribution in [3.63, 3.8) is 0 Å². The molecule has 196 valence electrons. The van der Waals surface area contributed by atoms with E-state index in [1.165, 1.54) is 30.0 Å². The van der Waals surface area contributed by atoms with E-state index in [-0.39, 0.29) is 22.1 Å². The topological polar surface area (TPSA) is 88.8 Å². The molecule has 1 saturated heterocycles. The number of alkyl halides is 3. The fraction of sp³-hybridized carbons (Fsp3) is 0.400. The van der Waals surface area contributed by atoms with E-state index in [9.17, 15) is 27.2 Å². The lowest BCUT2D eigenvalue weighted by molar-refractivity contribution is -0.131. The molecule has 1 saturated carbocycles. The second-order valence-electron chi connectivity index (χ2n) is 8.73. The normalized spacial score (nSPS) is 17.9. The number of amides is 2. The molecule has 2 amide bonds. The Balaban J connectivity index is 2.01. The van der Waals surface area contributed by atoms with Crippen molar-refractivity contribution < 1.29 is 27.2 Å². The van der Waals surface area contributed by atoms with Gasteiger partial charge in [0, 0.05) is 17.9 Å². The maximum atomic E-state index is 15.0. The van der Waals surface area contributed by atoms with Crippen molar-refractivity contribution in [3.8, 4) is 6.07 Å². The van der Waals surface area contributed by atoms with Gasteiger partial charge in [-0.1, -0.05) is 13.3 Å². The van der Waals surface area contributed by atoms with Crippen LogP contribution in [0.4, 0.5) is 23.2 Å². The van der Waals surface area contributed by atoms with E-state index in [2.05, 4.69) is 17.0 Å². The Hall–Kier alpha value is -3.59. The Labute approximate surface area is 217 Å². The van der Waals surface area contributed by atoms with Crippen molar-refractivity contribution in [1.29, 1.82) is 5.26 Å². The van der Waals surface area contributed by atoms with Crippen molar-refractivity contribution >= 4 is 41.5 Å². The Kier molecular flexibility index (Phi) is 8.17. The molecule has 1 aliphatic heterocycles. The maximum Gasteiger partial charge on any atom is 0.419 e. The van der Waals surface area contributed by atoms with E-state index >= 15 is 0 Å². The number of aliphatic imine (C=N–C) groups is 1. The Morgan fingerprint density at radius 1 is 1.38 bits per heavy atom. The van der Waals surface area contributed by atoms with Crippen LogP contribution in [0.25, 0.3) is 0 Å². The first-order chi connectivity index (χ1) is 17.4. The standard InChI is InChI=1S/C25H25F4N5O2S/c1-4-5-11-32-21(35)17-8-7-16(13-19(17)26)34-23(37)33(22(36)24(34)9-6-10-24)15(2)12-18(25(27,28)29)20(14-30)31-3/h7-8,12-13H,3-6,9-11H2,1-2H3,(H,32,35)/b15-12+,20-18+. The van der Waals surface area contributed by atoms with Gasteiger partial charge in [-0.15, -0.1) is 0 Å². The lowest BCUT2D eigenvalue weighted by atomic mass is 9.75. The Morgan fingerprint density at radius 2 is 2.05 bits per heavy atom. The molecule has 7 nitrogen and oxygen atoms in total. The smallest absolute Gasteiger partial charge is 0.352 e. The first kappa shape index (κ1) is 28.0. The first-order valence-electron chi connectivity index (χ1n) is 11.6. The molecule has 1 heterocycles. The van der Waals surface area contributed by atoms with Crippen molar-refractivity contribution in [2.45, 2.75) is 57.7 Å². The predicted octanol–water partition coefficient (Wildman–Crippen LogP) is 5.16. The zero-order chi connectivity index (χ0) is 27.5. The number of unbranched alkanes of at least 4 members (excludes halogenated alkanes) is 1. The fourth-order valence-corrected chi connectivity index (χ4v) is 4.84. The van der Waals surface area contributed by atoms with Crippen molar-refractivity contribution in [3.05, 3.63) is 52.6 Å². The van der Waals surface area contributed by atoms with E-state index in [4.69, 9.17) is 17.5 Å². The monoisotopic (exact) mass is 535 g/mol. The summed E-state index contributed by atoms with van der Waals surface area (Å²) in [6.07, 6.45) is -1.34. The molecule has 1 aromatic rings. The molecule has 2 aliphatic rings. The highest BCUT2D eigenvalue weighted by Crippen LogP contribution is 2.48. The van der Waals surface area contributed by atoms with Crippen LogP contribution in [0.5, 0.6) is 0 Å². The van der Waals surface area contributed by atoms with Crippen molar-refractivity contribution in [2.24, 2.45) is 4.99 Å². The first-order valence-corrected chi connectivity index (χ1v) is 12.0. The van der Waals surface area contributed by atoms with Gasteiger partial charge in [-0.3, -0.25) is 19.5 Å². The summed E-state index contributed by atoms with van der Waals surface area (Å²) in [5, 5.41) is 11.6. The highest BCUT2D eigenvalue weighted by molar-refractivity contribution is 7.80. The molecule has 0 aromatic heterocycles. The zero-order valence-corrected chi connectivity index (χ0v) is 21.1. The highest BCUT2D eigenvalue weighted by atomic mass is 32.1. The number of carbonyl (C=O) groups is 2. The molecule has 0 bridgehead atoms. The average Bonchev–Trinajstić information content (AvgIpc) is 3.05. The van der Waals surface area contributed by atoms with E-state index < -0.39 is 40.6 Å². The Morgan fingerprint density at radius 3 is 2.54 bits per heavy atom. The number of benzene rings is 1. The number of hydrogen-bond donors (Lipinski definition) is 1. The van der Waals surface area contributed by atoms with Crippen LogP contribution in [0.3, 0.4) is 0 Å². The number of anilines is 1. The SMILES string of the molecule is C=N/C(C#N)=C(\C=C(/C)N1C(=O)C2(CCC2)N(c2ccc(C(=O)NCCCC)c(F)c2)C1=S)C(F)(F)F. The molecule has 1 aliphatic carbocycles. The van der Waals surface area contributed by atoms with Crippen LogP contribution >= 0.6 is 12.2 Å². The molecule has 37 heavy (non-hydrogen) atoms. The van der Waals surface area contributed by atoms with E-state index in [0.717, 1.165) is 23.8 Å². The summed E-state index contributed by atoms with van der Waals surface area (Å²) in [5.74, 6) is -1.95. The molecule has 3 rings (SSSR count). The summed E-state index contributed by atoms with van der Waals surface area (Å²) in [6, 6.07) is 5.18. The number of hydrogen-bond acceptors (Lipinski definition) is 5. The second-order valence-corrected chi connectivity index (χ2v) is 9.10. The number of allylic oxidation sites excluding steroid dienone is 4. The molecule has 0 radical (unpaired) electrons. The number of thiocarbonyl (C=S) groups is 1. The minimum absolute atomic E-state index is 0.135. The molecule has 2 fully saturated rings. The lowest BCUT2D eigenvalue weighted by Gasteiger charge is -2.43. The molecule has 12 heteroatoms. The van der Waals surface area contributed by atoms with Gasteiger partial charge in [0.2, 0.25) is 0 Å². The third kappa shape index (κ3) is 5.13. The molecular weight excluding hydrogens is 510 g/mol. The minimum Gasteiger partial charge on any atom is -0.352 e. The van der Waals surface area contributed by atoms with Gasteiger partial charge >= 0.3 is 6.18 Å². The van der Waals surface area contributed by atoms with Crippen molar-refractivity contribution in [2.75, 3.05) is 11.4 Å². The quantitative estimate of drug-likeness (QED) is 0.124. The molecule has 1 N–H and O–H groups in total. The molecular formula is C25H25F4N5O2S. The highest BCUT2D eigenvalue weighted by Gasteiger charge is 2.59. The minimum atomic E-state index is -4.94. The van der Waals surface area contributed by atoms with Crippen LogP contribution in [0.2, 0.25) is 0 Å². The van der Waals surface area contributed by atoms with Crippen LogP contribution in [-0.4, -0.2) is 46.8 Å². The van der Waals surface area contributed by atoms with E-state index in [1.807, 2.05) is 6.92 Å². The van der Waals surface area contributed by atoms with Gasteiger partial charge in [0.1, 0.15) is 17.4 Å². The van der Waals surface area contributed by atoms with Crippen molar-refractivity contribution in [1.82, 2.24) is 10.2 Å². The predicted molar refractivity (Wildman–Crippen MR) is 134 cm³/mol.